The second-order valence-electron chi connectivity index (χ2n) is 2.60. The van der Waals surface area contributed by atoms with Crippen LogP contribution in [0.3, 0.4) is 0 Å². The molecule has 1 rings (SSSR count). The number of nitrogens with two attached hydrogens (primary N) is 2. The SMILES string of the molecule is CCOC(=O)Cc1ncnc(N)c1N. The molecule has 14 heavy (non-hydrogen) atoms. The summed E-state index contributed by atoms with van der Waals surface area (Å²) in [5.74, 6) is -0.198. The molecule has 0 unspecified atom stereocenters. The van der Waals surface area contributed by atoms with Crippen LogP contribution in [0.4, 0.5) is 11.5 Å². The third kappa shape index (κ3) is 2.32. The van der Waals surface area contributed by atoms with Crippen LogP contribution in [0.25, 0.3) is 0 Å². The van der Waals surface area contributed by atoms with E-state index in [1.54, 1.807) is 6.92 Å². The van der Waals surface area contributed by atoms with Gasteiger partial charge in [0.15, 0.2) is 0 Å². The van der Waals surface area contributed by atoms with Crippen molar-refractivity contribution in [2.75, 3.05) is 18.1 Å². The Labute approximate surface area is 81.3 Å². The Balaban J connectivity index is 2.76. The molecule has 76 valence electrons. The van der Waals surface area contributed by atoms with Crippen molar-refractivity contribution in [3.8, 4) is 0 Å². The third-order valence-corrected chi connectivity index (χ3v) is 1.61. The normalized spacial score (nSPS) is 9.79. The Kier molecular flexibility index (Phi) is 3.22. The predicted molar refractivity (Wildman–Crippen MR) is 51.2 cm³/mol. The van der Waals surface area contributed by atoms with Gasteiger partial charge in [0.05, 0.1) is 24.4 Å². The number of ether oxygens (including phenoxy) is 1. The van der Waals surface area contributed by atoms with Crippen molar-refractivity contribution in [3.63, 3.8) is 0 Å². The van der Waals surface area contributed by atoms with Gasteiger partial charge in [0.1, 0.15) is 12.1 Å². The molecule has 0 aliphatic carbocycles. The van der Waals surface area contributed by atoms with Gasteiger partial charge in [0, 0.05) is 0 Å². The Bertz CT molecular complexity index is 340. The molecule has 0 saturated heterocycles. The topological polar surface area (TPSA) is 104 Å². The van der Waals surface area contributed by atoms with Crippen LogP contribution >= 0.6 is 0 Å². The third-order valence-electron chi connectivity index (χ3n) is 1.61. The average molecular weight is 196 g/mol. The molecule has 4 N–H and O–H groups in total. The Morgan fingerprint density at radius 1 is 1.50 bits per heavy atom. The van der Waals surface area contributed by atoms with Gasteiger partial charge in [-0.1, -0.05) is 0 Å². The van der Waals surface area contributed by atoms with E-state index in [2.05, 4.69) is 9.97 Å². The lowest BCUT2D eigenvalue weighted by molar-refractivity contribution is -0.142. The van der Waals surface area contributed by atoms with Crippen molar-refractivity contribution < 1.29 is 9.53 Å². The standard InChI is InChI=1S/C8H12N4O2/c1-2-14-6(13)3-5-7(9)8(10)12-4-11-5/h4H,2-3,9H2,1H3,(H2,10,11,12). The van der Waals surface area contributed by atoms with Gasteiger partial charge in [0.2, 0.25) is 0 Å². The van der Waals surface area contributed by atoms with Crippen LogP contribution in [-0.2, 0) is 16.0 Å². The molecule has 1 aromatic rings. The maximum Gasteiger partial charge on any atom is 0.311 e. The Hall–Kier alpha value is -1.85. The fraction of sp³-hybridized carbons (Fsp3) is 0.375. The molecule has 6 heteroatoms. The summed E-state index contributed by atoms with van der Waals surface area (Å²) in [4.78, 5) is 18.6. The number of carbonyl (C=O) groups excluding carboxylic acids is 1. The smallest absolute Gasteiger partial charge is 0.311 e. The van der Waals surface area contributed by atoms with Crippen molar-refractivity contribution in [2.45, 2.75) is 13.3 Å². The Morgan fingerprint density at radius 2 is 2.21 bits per heavy atom. The minimum absolute atomic E-state index is 0.0202. The highest BCUT2D eigenvalue weighted by molar-refractivity contribution is 5.75. The van der Waals surface area contributed by atoms with Crippen molar-refractivity contribution in [1.29, 1.82) is 0 Å². The average Bonchev–Trinajstić information content (AvgIpc) is 2.13. The van der Waals surface area contributed by atoms with E-state index in [-0.39, 0.29) is 23.9 Å². The van der Waals surface area contributed by atoms with Gasteiger partial charge in [-0.25, -0.2) is 9.97 Å². The summed E-state index contributed by atoms with van der Waals surface area (Å²) in [5, 5.41) is 0. The second kappa shape index (κ2) is 4.40. The maximum absolute atomic E-state index is 11.1. The number of anilines is 2. The van der Waals surface area contributed by atoms with Crippen molar-refractivity contribution in [3.05, 3.63) is 12.0 Å². The van der Waals surface area contributed by atoms with Gasteiger partial charge in [-0.2, -0.15) is 0 Å². The highest BCUT2D eigenvalue weighted by Crippen LogP contribution is 2.14. The number of esters is 1. The van der Waals surface area contributed by atoms with Crippen LogP contribution in [0, 0.1) is 0 Å². The van der Waals surface area contributed by atoms with E-state index in [4.69, 9.17) is 16.2 Å². The van der Waals surface area contributed by atoms with Gasteiger partial charge in [0.25, 0.3) is 0 Å². The van der Waals surface area contributed by atoms with E-state index >= 15 is 0 Å². The van der Waals surface area contributed by atoms with E-state index in [0.717, 1.165) is 0 Å². The highest BCUT2D eigenvalue weighted by Gasteiger charge is 2.10. The highest BCUT2D eigenvalue weighted by atomic mass is 16.5. The fourth-order valence-electron chi connectivity index (χ4n) is 0.937. The zero-order valence-corrected chi connectivity index (χ0v) is 7.86. The van der Waals surface area contributed by atoms with Crippen LogP contribution in [0.1, 0.15) is 12.6 Å². The summed E-state index contributed by atoms with van der Waals surface area (Å²) in [6.07, 6.45) is 1.28. The van der Waals surface area contributed by atoms with E-state index in [1.807, 2.05) is 0 Å². The second-order valence-corrected chi connectivity index (χ2v) is 2.60. The number of carbonyl (C=O) groups is 1. The molecule has 1 aromatic heterocycles. The number of hydrogen-bond acceptors (Lipinski definition) is 6. The number of aromatic nitrogens is 2. The summed E-state index contributed by atoms with van der Waals surface area (Å²) >= 11 is 0. The molecular weight excluding hydrogens is 184 g/mol. The molecule has 0 spiro atoms. The Morgan fingerprint density at radius 3 is 2.86 bits per heavy atom. The lowest BCUT2D eigenvalue weighted by Gasteiger charge is -2.05. The van der Waals surface area contributed by atoms with Gasteiger partial charge >= 0.3 is 5.97 Å². The molecule has 0 bridgehead atoms. The predicted octanol–water partition coefficient (Wildman–Crippen LogP) is -0.253. The summed E-state index contributed by atoms with van der Waals surface area (Å²) in [6.45, 7) is 2.06. The van der Waals surface area contributed by atoms with Crippen molar-refractivity contribution in [1.82, 2.24) is 9.97 Å². The molecular formula is C8H12N4O2. The molecule has 0 aromatic carbocycles. The maximum atomic E-state index is 11.1. The molecule has 6 nitrogen and oxygen atoms in total. The summed E-state index contributed by atoms with van der Waals surface area (Å²) in [5.41, 5.74) is 11.6. The zero-order chi connectivity index (χ0) is 10.6. The molecule has 0 saturated carbocycles. The van der Waals surface area contributed by atoms with E-state index in [9.17, 15) is 4.79 Å². The van der Waals surface area contributed by atoms with Crippen molar-refractivity contribution in [2.24, 2.45) is 0 Å². The van der Waals surface area contributed by atoms with Crippen LogP contribution < -0.4 is 11.5 Å². The summed E-state index contributed by atoms with van der Waals surface area (Å²) < 4.78 is 4.74. The van der Waals surface area contributed by atoms with Crippen molar-refractivity contribution >= 4 is 17.5 Å². The zero-order valence-electron chi connectivity index (χ0n) is 7.86. The van der Waals surface area contributed by atoms with E-state index < -0.39 is 0 Å². The fourth-order valence-corrected chi connectivity index (χ4v) is 0.937. The molecule has 0 aliphatic heterocycles. The van der Waals surface area contributed by atoms with E-state index in [1.165, 1.54) is 6.33 Å². The molecule has 0 radical (unpaired) electrons. The lowest BCUT2D eigenvalue weighted by atomic mass is 10.2. The minimum atomic E-state index is -0.377. The number of rotatable bonds is 3. The van der Waals surface area contributed by atoms with Crippen LogP contribution in [0.2, 0.25) is 0 Å². The molecule has 0 amide bonds. The number of nitrogens with zero attached hydrogens (tertiary/aromatic N) is 2. The molecule has 0 fully saturated rings. The summed E-state index contributed by atoms with van der Waals surface area (Å²) in [7, 11) is 0. The lowest BCUT2D eigenvalue weighted by Crippen LogP contribution is -2.12. The monoisotopic (exact) mass is 196 g/mol. The number of hydrogen-bond donors (Lipinski definition) is 2. The quantitative estimate of drug-likeness (QED) is 0.646. The molecule has 0 atom stereocenters. The first kappa shape index (κ1) is 10.2. The molecule has 1 heterocycles. The van der Waals surface area contributed by atoms with Crippen LogP contribution in [-0.4, -0.2) is 22.5 Å². The summed E-state index contributed by atoms with van der Waals surface area (Å²) in [6, 6.07) is 0. The first-order valence-electron chi connectivity index (χ1n) is 4.15. The van der Waals surface area contributed by atoms with Crippen LogP contribution in [0.5, 0.6) is 0 Å². The first-order chi connectivity index (χ1) is 6.65. The first-order valence-corrected chi connectivity index (χ1v) is 4.15. The van der Waals surface area contributed by atoms with Gasteiger partial charge in [-0.3, -0.25) is 4.79 Å². The van der Waals surface area contributed by atoms with Crippen LogP contribution in [0.15, 0.2) is 6.33 Å². The van der Waals surface area contributed by atoms with Gasteiger partial charge < -0.3 is 16.2 Å². The largest absolute Gasteiger partial charge is 0.466 e. The van der Waals surface area contributed by atoms with Gasteiger partial charge in [-0.05, 0) is 6.92 Å². The number of nitrogen functional groups attached to an aromatic ring is 2. The van der Waals surface area contributed by atoms with E-state index in [0.29, 0.717) is 12.3 Å². The molecule has 0 aliphatic rings. The minimum Gasteiger partial charge on any atom is -0.466 e. The van der Waals surface area contributed by atoms with Gasteiger partial charge in [-0.15, -0.1) is 0 Å².